The summed E-state index contributed by atoms with van der Waals surface area (Å²) in [6.45, 7) is 0.745. The maximum atomic E-state index is 12.4. The Hall–Kier alpha value is -2.04. The Morgan fingerprint density at radius 2 is 2.14 bits per heavy atom. The maximum Gasteiger partial charge on any atom is 0.245 e. The Morgan fingerprint density at radius 1 is 1.33 bits per heavy atom. The van der Waals surface area contributed by atoms with Gasteiger partial charge in [0.15, 0.2) is 0 Å². The predicted octanol–water partition coefficient (Wildman–Crippen LogP) is 0.975. The zero-order chi connectivity index (χ0) is 14.8. The van der Waals surface area contributed by atoms with Crippen LogP contribution in [-0.2, 0) is 16.0 Å². The second-order valence-corrected chi connectivity index (χ2v) is 5.74. The van der Waals surface area contributed by atoms with Gasteiger partial charge in [-0.3, -0.25) is 9.59 Å². The van der Waals surface area contributed by atoms with Gasteiger partial charge in [-0.05, 0) is 42.9 Å². The third kappa shape index (κ3) is 3.17. The third-order valence-electron chi connectivity index (χ3n) is 4.13. The van der Waals surface area contributed by atoms with Gasteiger partial charge in [0.2, 0.25) is 11.8 Å². The van der Waals surface area contributed by atoms with Crippen molar-refractivity contribution in [3.05, 3.63) is 29.8 Å². The normalized spacial score (nSPS) is 22.1. The van der Waals surface area contributed by atoms with Crippen LogP contribution in [0.2, 0.25) is 0 Å². The summed E-state index contributed by atoms with van der Waals surface area (Å²) in [5, 5.41) is 2.82. The molecule has 2 amide bonds. The molecule has 1 aromatic carbocycles. The van der Waals surface area contributed by atoms with Crippen molar-refractivity contribution in [2.24, 2.45) is 5.92 Å². The average Bonchev–Trinajstić information content (AvgIpc) is 3.32. The molecule has 0 aromatic heterocycles. The van der Waals surface area contributed by atoms with Crippen LogP contribution >= 0.6 is 0 Å². The summed E-state index contributed by atoms with van der Waals surface area (Å²) in [6, 6.07) is 7.51. The van der Waals surface area contributed by atoms with Crippen molar-refractivity contribution in [1.82, 2.24) is 10.2 Å². The zero-order valence-electron chi connectivity index (χ0n) is 12.2. The Balaban J connectivity index is 1.63. The summed E-state index contributed by atoms with van der Waals surface area (Å²) < 4.78 is 5.20. The largest absolute Gasteiger partial charge is 0.497 e. The fourth-order valence-electron chi connectivity index (χ4n) is 2.76. The molecule has 1 aromatic rings. The molecule has 2 fully saturated rings. The molecule has 3 rings (SSSR count). The van der Waals surface area contributed by atoms with E-state index in [1.165, 1.54) is 0 Å². The molecular formula is C16H20N2O3. The molecule has 1 aliphatic heterocycles. The molecule has 0 radical (unpaired) electrons. The first-order chi connectivity index (χ1) is 10.2. The van der Waals surface area contributed by atoms with E-state index in [1.54, 1.807) is 12.0 Å². The first-order valence-corrected chi connectivity index (χ1v) is 7.38. The molecule has 0 bridgehead atoms. The molecule has 1 N–H and O–H groups in total. The first kappa shape index (κ1) is 13.9. The van der Waals surface area contributed by atoms with Crippen LogP contribution in [0.15, 0.2) is 24.3 Å². The van der Waals surface area contributed by atoms with Crippen molar-refractivity contribution in [3.8, 4) is 5.75 Å². The monoisotopic (exact) mass is 288 g/mol. The average molecular weight is 288 g/mol. The highest BCUT2D eigenvalue weighted by Gasteiger charge is 2.42. The number of carbonyl (C=O) groups excluding carboxylic acids is 2. The standard InChI is InChI=1S/C16H20N2O3/c1-21-13-4-2-3-11(9-13)7-8-18-10-14(19)17-15(16(18)20)12-5-6-12/h2-4,9,12,15H,5-8,10H2,1H3,(H,17,19). The minimum Gasteiger partial charge on any atom is -0.497 e. The molecule has 1 heterocycles. The molecule has 1 atom stereocenters. The molecule has 2 aliphatic rings. The van der Waals surface area contributed by atoms with E-state index in [4.69, 9.17) is 4.74 Å². The van der Waals surface area contributed by atoms with Gasteiger partial charge < -0.3 is 15.0 Å². The Morgan fingerprint density at radius 3 is 2.86 bits per heavy atom. The highest BCUT2D eigenvalue weighted by Crippen LogP contribution is 2.34. The lowest BCUT2D eigenvalue weighted by molar-refractivity contribution is -0.144. The summed E-state index contributed by atoms with van der Waals surface area (Å²) in [6.07, 6.45) is 2.81. The molecule has 112 valence electrons. The minimum absolute atomic E-state index is 0.0443. The number of nitrogens with zero attached hydrogens (tertiary/aromatic N) is 1. The lowest BCUT2D eigenvalue weighted by atomic mass is 10.1. The van der Waals surface area contributed by atoms with Gasteiger partial charge in [-0.1, -0.05) is 12.1 Å². The molecule has 21 heavy (non-hydrogen) atoms. The minimum atomic E-state index is -0.295. The van der Waals surface area contributed by atoms with Gasteiger partial charge >= 0.3 is 0 Å². The maximum absolute atomic E-state index is 12.4. The van der Waals surface area contributed by atoms with Gasteiger partial charge in [0, 0.05) is 6.54 Å². The molecule has 1 aliphatic carbocycles. The summed E-state index contributed by atoms with van der Waals surface area (Å²) in [5.41, 5.74) is 1.11. The van der Waals surface area contributed by atoms with E-state index in [1.807, 2.05) is 24.3 Å². The van der Waals surface area contributed by atoms with Crippen molar-refractivity contribution in [3.63, 3.8) is 0 Å². The summed E-state index contributed by atoms with van der Waals surface area (Å²) in [4.78, 5) is 25.8. The molecule has 5 nitrogen and oxygen atoms in total. The fraction of sp³-hybridized carbons (Fsp3) is 0.500. The van der Waals surface area contributed by atoms with Crippen LogP contribution in [0, 0.1) is 5.92 Å². The van der Waals surface area contributed by atoms with Gasteiger partial charge in [-0.15, -0.1) is 0 Å². The SMILES string of the molecule is COc1cccc(CCN2CC(=O)NC(C3CC3)C2=O)c1. The van der Waals surface area contributed by atoms with Crippen molar-refractivity contribution < 1.29 is 14.3 Å². The van der Waals surface area contributed by atoms with Gasteiger partial charge in [-0.2, -0.15) is 0 Å². The Bertz CT molecular complexity index is 554. The number of rotatable bonds is 5. The fourth-order valence-corrected chi connectivity index (χ4v) is 2.76. The lowest BCUT2D eigenvalue weighted by Crippen LogP contribution is -2.59. The number of hydrogen-bond donors (Lipinski definition) is 1. The Kier molecular flexibility index (Phi) is 3.82. The number of hydrogen-bond acceptors (Lipinski definition) is 3. The van der Waals surface area contributed by atoms with Crippen LogP contribution in [0.5, 0.6) is 5.75 Å². The van der Waals surface area contributed by atoms with E-state index in [2.05, 4.69) is 5.32 Å². The number of carbonyl (C=O) groups is 2. The molecular weight excluding hydrogens is 268 g/mol. The van der Waals surface area contributed by atoms with Crippen molar-refractivity contribution in [2.75, 3.05) is 20.2 Å². The van der Waals surface area contributed by atoms with E-state index in [-0.39, 0.29) is 24.4 Å². The second kappa shape index (κ2) is 5.76. The van der Waals surface area contributed by atoms with Crippen molar-refractivity contribution in [1.29, 1.82) is 0 Å². The van der Waals surface area contributed by atoms with E-state index >= 15 is 0 Å². The van der Waals surface area contributed by atoms with Crippen LogP contribution in [0.25, 0.3) is 0 Å². The molecule has 1 saturated carbocycles. The molecule has 1 saturated heterocycles. The molecule has 0 spiro atoms. The second-order valence-electron chi connectivity index (χ2n) is 5.74. The quantitative estimate of drug-likeness (QED) is 0.878. The van der Waals surface area contributed by atoms with Gasteiger partial charge in [0.25, 0.3) is 0 Å². The third-order valence-corrected chi connectivity index (χ3v) is 4.13. The van der Waals surface area contributed by atoms with E-state index < -0.39 is 0 Å². The highest BCUT2D eigenvalue weighted by molar-refractivity contribution is 5.95. The number of ether oxygens (including phenoxy) is 1. The number of nitrogens with one attached hydrogen (secondary N) is 1. The highest BCUT2D eigenvalue weighted by atomic mass is 16.5. The van der Waals surface area contributed by atoms with E-state index in [9.17, 15) is 9.59 Å². The number of piperazine rings is 1. The van der Waals surface area contributed by atoms with E-state index in [0.29, 0.717) is 12.5 Å². The van der Waals surface area contributed by atoms with Crippen LogP contribution in [0.3, 0.4) is 0 Å². The van der Waals surface area contributed by atoms with Crippen LogP contribution in [-0.4, -0.2) is 43.0 Å². The van der Waals surface area contributed by atoms with Gasteiger partial charge in [-0.25, -0.2) is 0 Å². The number of methoxy groups -OCH3 is 1. The number of amides is 2. The summed E-state index contributed by atoms with van der Waals surface area (Å²) >= 11 is 0. The predicted molar refractivity (Wildman–Crippen MR) is 77.9 cm³/mol. The summed E-state index contributed by atoms with van der Waals surface area (Å²) in [7, 11) is 1.64. The Labute approximate surface area is 124 Å². The molecule has 1 unspecified atom stereocenters. The van der Waals surface area contributed by atoms with Crippen molar-refractivity contribution >= 4 is 11.8 Å². The van der Waals surface area contributed by atoms with Crippen LogP contribution in [0.1, 0.15) is 18.4 Å². The van der Waals surface area contributed by atoms with Crippen LogP contribution in [0.4, 0.5) is 0 Å². The van der Waals surface area contributed by atoms with Crippen molar-refractivity contribution in [2.45, 2.75) is 25.3 Å². The number of benzene rings is 1. The molecule has 5 heteroatoms. The van der Waals surface area contributed by atoms with Crippen LogP contribution < -0.4 is 10.1 Å². The lowest BCUT2D eigenvalue weighted by Gasteiger charge is -2.32. The first-order valence-electron chi connectivity index (χ1n) is 7.38. The topological polar surface area (TPSA) is 58.6 Å². The van der Waals surface area contributed by atoms with Gasteiger partial charge in [0.1, 0.15) is 11.8 Å². The summed E-state index contributed by atoms with van der Waals surface area (Å²) in [5.74, 6) is 1.18. The van der Waals surface area contributed by atoms with E-state index in [0.717, 1.165) is 30.6 Å². The van der Waals surface area contributed by atoms with Gasteiger partial charge in [0.05, 0.1) is 13.7 Å². The zero-order valence-corrected chi connectivity index (χ0v) is 12.2. The smallest absolute Gasteiger partial charge is 0.245 e.